The van der Waals surface area contributed by atoms with Crippen molar-refractivity contribution >= 4 is 0 Å². The van der Waals surface area contributed by atoms with Crippen LogP contribution in [-0.4, -0.2) is 18.8 Å². The van der Waals surface area contributed by atoms with Crippen LogP contribution in [0.2, 0.25) is 0 Å². The van der Waals surface area contributed by atoms with Crippen LogP contribution in [0.5, 0.6) is 5.75 Å². The molecule has 2 heteroatoms. The maximum atomic E-state index is 8.97. The van der Waals surface area contributed by atoms with Crippen LogP contribution < -0.4 is 4.74 Å². The Balaban J connectivity index is 3.26. The summed E-state index contributed by atoms with van der Waals surface area (Å²) < 4.78 is 5.60. The summed E-state index contributed by atoms with van der Waals surface area (Å²) in [6.45, 7) is 8.89. The summed E-state index contributed by atoms with van der Waals surface area (Å²) in [6.07, 6.45) is 1.65. The molecule has 2 nitrogen and oxygen atoms in total. The first-order valence-electron chi connectivity index (χ1n) is 6.19. The molecule has 1 aromatic rings. The van der Waals surface area contributed by atoms with Gasteiger partial charge in [0.1, 0.15) is 5.75 Å². The quantitative estimate of drug-likeness (QED) is 0.869. The number of hydrogen-bond acceptors (Lipinski definition) is 2. The topological polar surface area (TPSA) is 29.5 Å². The van der Waals surface area contributed by atoms with Gasteiger partial charge in [-0.1, -0.05) is 32.9 Å². The zero-order valence-corrected chi connectivity index (χ0v) is 11.6. The molecular weight excluding hydrogens is 212 g/mol. The van der Waals surface area contributed by atoms with Gasteiger partial charge in [0.25, 0.3) is 0 Å². The van der Waals surface area contributed by atoms with Gasteiger partial charge in [-0.3, -0.25) is 0 Å². The third-order valence-corrected chi connectivity index (χ3v) is 3.09. The van der Waals surface area contributed by atoms with Crippen molar-refractivity contribution in [2.75, 3.05) is 13.7 Å². The Labute approximate surface area is 105 Å². The van der Waals surface area contributed by atoms with Gasteiger partial charge in [-0.05, 0) is 41.9 Å². The summed E-state index contributed by atoms with van der Waals surface area (Å²) >= 11 is 0. The number of methoxy groups -OCH3 is 1. The Morgan fingerprint density at radius 3 is 2.35 bits per heavy atom. The minimum absolute atomic E-state index is 0.0764. The van der Waals surface area contributed by atoms with Gasteiger partial charge < -0.3 is 9.84 Å². The number of benzene rings is 1. The SMILES string of the molecule is COc1c(C(C)(C)C)ccc(C)c1CCCO. The lowest BCUT2D eigenvalue weighted by atomic mass is 9.83. The maximum Gasteiger partial charge on any atom is 0.126 e. The molecule has 0 aliphatic rings. The highest BCUT2D eigenvalue weighted by Crippen LogP contribution is 2.36. The largest absolute Gasteiger partial charge is 0.496 e. The fourth-order valence-corrected chi connectivity index (χ4v) is 2.12. The molecule has 0 aromatic heterocycles. The Bertz CT molecular complexity index is 375. The van der Waals surface area contributed by atoms with E-state index in [9.17, 15) is 0 Å². The average molecular weight is 236 g/mol. The summed E-state index contributed by atoms with van der Waals surface area (Å²) in [6, 6.07) is 4.30. The van der Waals surface area contributed by atoms with Crippen molar-refractivity contribution in [2.24, 2.45) is 0 Å². The van der Waals surface area contributed by atoms with Gasteiger partial charge >= 0.3 is 0 Å². The first-order chi connectivity index (χ1) is 7.91. The van der Waals surface area contributed by atoms with Crippen LogP contribution in [0.4, 0.5) is 0 Å². The van der Waals surface area contributed by atoms with E-state index >= 15 is 0 Å². The molecule has 0 heterocycles. The van der Waals surface area contributed by atoms with Crippen molar-refractivity contribution in [1.82, 2.24) is 0 Å². The van der Waals surface area contributed by atoms with E-state index in [1.165, 1.54) is 16.7 Å². The van der Waals surface area contributed by atoms with E-state index in [4.69, 9.17) is 9.84 Å². The van der Waals surface area contributed by atoms with Crippen LogP contribution in [0.15, 0.2) is 12.1 Å². The van der Waals surface area contributed by atoms with Gasteiger partial charge in [0.05, 0.1) is 7.11 Å². The van der Waals surface area contributed by atoms with Crippen molar-refractivity contribution in [2.45, 2.75) is 46.0 Å². The summed E-state index contributed by atoms with van der Waals surface area (Å²) in [7, 11) is 1.73. The van der Waals surface area contributed by atoms with E-state index in [-0.39, 0.29) is 12.0 Å². The molecule has 0 aliphatic heterocycles. The van der Waals surface area contributed by atoms with Crippen LogP contribution in [0.25, 0.3) is 0 Å². The van der Waals surface area contributed by atoms with Crippen molar-refractivity contribution < 1.29 is 9.84 Å². The second-order valence-corrected chi connectivity index (χ2v) is 5.52. The van der Waals surface area contributed by atoms with Crippen LogP contribution in [0.3, 0.4) is 0 Å². The van der Waals surface area contributed by atoms with Crippen molar-refractivity contribution in [3.8, 4) is 5.75 Å². The van der Waals surface area contributed by atoms with Gasteiger partial charge in [-0.15, -0.1) is 0 Å². The highest BCUT2D eigenvalue weighted by Gasteiger charge is 2.21. The fourth-order valence-electron chi connectivity index (χ4n) is 2.12. The number of hydrogen-bond donors (Lipinski definition) is 1. The molecule has 1 N–H and O–H groups in total. The average Bonchev–Trinajstić information content (AvgIpc) is 2.25. The lowest BCUT2D eigenvalue weighted by Crippen LogP contribution is -2.14. The Morgan fingerprint density at radius 1 is 1.24 bits per heavy atom. The fraction of sp³-hybridized carbons (Fsp3) is 0.600. The second kappa shape index (κ2) is 5.54. The molecule has 0 aliphatic carbocycles. The number of aliphatic hydroxyl groups is 1. The summed E-state index contributed by atoms with van der Waals surface area (Å²) in [4.78, 5) is 0. The molecule has 0 spiro atoms. The molecule has 1 aromatic carbocycles. The molecule has 0 amide bonds. The monoisotopic (exact) mass is 236 g/mol. The third-order valence-electron chi connectivity index (χ3n) is 3.09. The Morgan fingerprint density at radius 2 is 1.88 bits per heavy atom. The number of aliphatic hydroxyl groups excluding tert-OH is 1. The van der Waals surface area contributed by atoms with Gasteiger partial charge in [0.15, 0.2) is 0 Å². The van der Waals surface area contributed by atoms with Crippen molar-refractivity contribution in [1.29, 1.82) is 0 Å². The van der Waals surface area contributed by atoms with E-state index < -0.39 is 0 Å². The molecule has 0 radical (unpaired) electrons. The van der Waals surface area contributed by atoms with Gasteiger partial charge in [-0.2, -0.15) is 0 Å². The van der Waals surface area contributed by atoms with E-state index in [1.54, 1.807) is 7.11 Å². The van der Waals surface area contributed by atoms with Gasteiger partial charge in [0.2, 0.25) is 0 Å². The molecule has 0 unspecified atom stereocenters. The van der Waals surface area contributed by atoms with Crippen LogP contribution in [0, 0.1) is 6.92 Å². The zero-order valence-electron chi connectivity index (χ0n) is 11.6. The lowest BCUT2D eigenvalue weighted by Gasteiger charge is -2.25. The minimum atomic E-state index is 0.0764. The Hall–Kier alpha value is -1.02. The first-order valence-corrected chi connectivity index (χ1v) is 6.19. The molecule has 1 rings (SSSR count). The van der Waals surface area contributed by atoms with E-state index in [0.717, 1.165) is 18.6 Å². The minimum Gasteiger partial charge on any atom is -0.496 e. The Kier molecular flexibility index (Phi) is 4.58. The third kappa shape index (κ3) is 3.22. The highest BCUT2D eigenvalue weighted by atomic mass is 16.5. The number of ether oxygens (including phenoxy) is 1. The molecule has 0 saturated heterocycles. The molecule has 0 bridgehead atoms. The molecule has 96 valence electrons. The van der Waals surface area contributed by atoms with E-state index in [2.05, 4.69) is 39.8 Å². The summed E-state index contributed by atoms with van der Waals surface area (Å²) in [5, 5.41) is 8.97. The predicted octanol–water partition coefficient (Wildman–Crippen LogP) is 3.23. The maximum absolute atomic E-state index is 8.97. The van der Waals surface area contributed by atoms with Crippen molar-refractivity contribution in [3.63, 3.8) is 0 Å². The molecule has 0 fully saturated rings. The normalized spacial score (nSPS) is 11.6. The highest BCUT2D eigenvalue weighted by molar-refractivity contribution is 5.49. The van der Waals surface area contributed by atoms with Crippen molar-refractivity contribution in [3.05, 3.63) is 28.8 Å². The summed E-state index contributed by atoms with van der Waals surface area (Å²) in [5.74, 6) is 0.992. The number of aryl methyl sites for hydroxylation is 1. The smallest absolute Gasteiger partial charge is 0.126 e. The van der Waals surface area contributed by atoms with Crippen LogP contribution >= 0.6 is 0 Å². The van der Waals surface area contributed by atoms with Crippen LogP contribution in [-0.2, 0) is 11.8 Å². The molecule has 0 atom stereocenters. The first kappa shape index (κ1) is 14.0. The summed E-state index contributed by atoms with van der Waals surface area (Å²) in [5.41, 5.74) is 3.78. The second-order valence-electron chi connectivity index (χ2n) is 5.52. The van der Waals surface area contributed by atoms with Crippen LogP contribution in [0.1, 0.15) is 43.9 Å². The molecule has 0 saturated carbocycles. The number of rotatable bonds is 4. The van der Waals surface area contributed by atoms with E-state index in [1.807, 2.05) is 0 Å². The van der Waals surface area contributed by atoms with Gasteiger partial charge in [-0.25, -0.2) is 0 Å². The standard InChI is InChI=1S/C15H24O2/c1-11-8-9-13(15(2,3)4)14(17-5)12(11)7-6-10-16/h8-9,16H,6-7,10H2,1-5H3. The molecular formula is C15H24O2. The van der Waals surface area contributed by atoms with Gasteiger partial charge in [0, 0.05) is 6.61 Å². The van der Waals surface area contributed by atoms with E-state index in [0.29, 0.717) is 0 Å². The lowest BCUT2D eigenvalue weighted by molar-refractivity contribution is 0.287. The zero-order chi connectivity index (χ0) is 13.1. The predicted molar refractivity (Wildman–Crippen MR) is 71.8 cm³/mol. The molecule has 17 heavy (non-hydrogen) atoms.